The van der Waals surface area contributed by atoms with Gasteiger partial charge in [0.1, 0.15) is 0 Å². The van der Waals surface area contributed by atoms with Crippen molar-refractivity contribution < 1.29 is 5.11 Å². The van der Waals surface area contributed by atoms with Gasteiger partial charge in [-0.15, -0.1) is 0 Å². The Bertz CT molecular complexity index is 588. The third-order valence-electron chi connectivity index (χ3n) is 4.40. The molecule has 2 heterocycles. The highest BCUT2D eigenvalue weighted by molar-refractivity contribution is 5.87. The van der Waals surface area contributed by atoms with Gasteiger partial charge in [0.25, 0.3) is 0 Å². The van der Waals surface area contributed by atoms with Gasteiger partial charge in [0.05, 0.1) is 6.10 Å². The lowest BCUT2D eigenvalue weighted by molar-refractivity contribution is 0.0792. The van der Waals surface area contributed by atoms with Crippen molar-refractivity contribution in [2.75, 3.05) is 13.1 Å². The van der Waals surface area contributed by atoms with E-state index in [1.165, 1.54) is 27.7 Å². The molecule has 0 aliphatic carbocycles. The first-order valence-electron chi connectivity index (χ1n) is 7.12. The molecule has 3 rings (SSSR count). The van der Waals surface area contributed by atoms with E-state index in [-0.39, 0.29) is 6.10 Å². The van der Waals surface area contributed by atoms with Crippen molar-refractivity contribution in [1.82, 2.24) is 10.3 Å². The van der Waals surface area contributed by atoms with Gasteiger partial charge in [-0.1, -0.05) is 18.2 Å². The van der Waals surface area contributed by atoms with Crippen LogP contribution < -0.4 is 5.32 Å². The average Bonchev–Trinajstić information content (AvgIpc) is 2.71. The first-order valence-corrected chi connectivity index (χ1v) is 7.12. The average molecular weight is 258 g/mol. The molecule has 0 spiro atoms. The van der Waals surface area contributed by atoms with Crippen LogP contribution in [-0.4, -0.2) is 29.3 Å². The van der Waals surface area contributed by atoms with E-state index in [9.17, 15) is 5.11 Å². The van der Waals surface area contributed by atoms with Gasteiger partial charge in [-0.25, -0.2) is 0 Å². The van der Waals surface area contributed by atoms with Gasteiger partial charge in [0.2, 0.25) is 0 Å². The van der Waals surface area contributed by atoms with Gasteiger partial charge < -0.3 is 15.4 Å². The molecule has 3 N–H and O–H groups in total. The molecule has 2 aromatic rings. The van der Waals surface area contributed by atoms with Crippen molar-refractivity contribution in [1.29, 1.82) is 0 Å². The molecule has 3 heteroatoms. The van der Waals surface area contributed by atoms with Crippen LogP contribution in [-0.2, 0) is 6.42 Å². The van der Waals surface area contributed by atoms with Crippen molar-refractivity contribution in [3.63, 3.8) is 0 Å². The number of aliphatic hydroxyl groups is 1. The van der Waals surface area contributed by atoms with E-state index in [1.807, 2.05) is 0 Å². The number of hydrogen-bond donors (Lipinski definition) is 3. The van der Waals surface area contributed by atoms with E-state index >= 15 is 0 Å². The van der Waals surface area contributed by atoms with Gasteiger partial charge in [0.15, 0.2) is 0 Å². The molecule has 2 unspecified atom stereocenters. The molecule has 0 radical (unpaired) electrons. The maximum Gasteiger partial charge on any atom is 0.0595 e. The van der Waals surface area contributed by atoms with Crippen molar-refractivity contribution in [2.45, 2.75) is 32.8 Å². The number of aliphatic hydroxyl groups excluding tert-OH is 1. The van der Waals surface area contributed by atoms with Crippen molar-refractivity contribution in [3.05, 3.63) is 35.0 Å². The number of benzene rings is 1. The Morgan fingerprint density at radius 2 is 2.16 bits per heavy atom. The molecule has 1 aromatic carbocycles. The highest BCUT2D eigenvalue weighted by Crippen LogP contribution is 2.28. The zero-order chi connectivity index (χ0) is 13.4. The fourth-order valence-corrected chi connectivity index (χ4v) is 3.19. The van der Waals surface area contributed by atoms with E-state index in [0.29, 0.717) is 5.92 Å². The van der Waals surface area contributed by atoms with Gasteiger partial charge in [-0.3, -0.25) is 0 Å². The fourth-order valence-electron chi connectivity index (χ4n) is 3.19. The molecule has 1 fully saturated rings. The standard InChI is InChI=1S/C16H22N2O/c1-10-4-3-5-13-14(11(2)18-16(10)13)8-12-9-17-7-6-15(12)19/h3-5,12,15,17-19H,6-9H2,1-2H3. The predicted octanol–water partition coefficient (Wildman–Crippen LogP) is 2.30. The quantitative estimate of drug-likeness (QED) is 0.774. The summed E-state index contributed by atoms with van der Waals surface area (Å²) in [5.41, 5.74) is 5.14. The molecule has 1 aliphatic rings. The van der Waals surface area contributed by atoms with Crippen LogP contribution in [0.25, 0.3) is 10.9 Å². The van der Waals surface area contributed by atoms with Crippen LogP contribution in [0.5, 0.6) is 0 Å². The van der Waals surface area contributed by atoms with E-state index in [1.54, 1.807) is 0 Å². The Kier molecular flexibility index (Phi) is 3.33. The molecule has 19 heavy (non-hydrogen) atoms. The number of aromatic amines is 1. The van der Waals surface area contributed by atoms with Crippen LogP contribution in [0.4, 0.5) is 0 Å². The molecule has 1 saturated heterocycles. The summed E-state index contributed by atoms with van der Waals surface area (Å²) in [6.45, 7) is 6.12. The Labute approximate surface area is 114 Å². The Morgan fingerprint density at radius 3 is 2.95 bits per heavy atom. The number of para-hydroxylation sites is 1. The zero-order valence-corrected chi connectivity index (χ0v) is 11.7. The summed E-state index contributed by atoms with van der Waals surface area (Å²) in [6, 6.07) is 6.44. The maximum atomic E-state index is 10.1. The van der Waals surface area contributed by atoms with Crippen LogP contribution >= 0.6 is 0 Å². The number of nitrogens with one attached hydrogen (secondary N) is 2. The predicted molar refractivity (Wildman–Crippen MR) is 78.5 cm³/mol. The molecule has 0 amide bonds. The highest BCUT2D eigenvalue weighted by atomic mass is 16.3. The lowest BCUT2D eigenvalue weighted by Crippen LogP contribution is -2.40. The van der Waals surface area contributed by atoms with Crippen molar-refractivity contribution >= 4 is 10.9 Å². The van der Waals surface area contributed by atoms with Crippen molar-refractivity contribution in [2.24, 2.45) is 5.92 Å². The van der Waals surface area contributed by atoms with Crippen LogP contribution in [0, 0.1) is 19.8 Å². The van der Waals surface area contributed by atoms with Gasteiger partial charge in [-0.05, 0) is 44.4 Å². The number of rotatable bonds is 2. The van der Waals surface area contributed by atoms with E-state index in [0.717, 1.165) is 25.9 Å². The summed E-state index contributed by atoms with van der Waals surface area (Å²) < 4.78 is 0. The van der Waals surface area contributed by atoms with Crippen molar-refractivity contribution in [3.8, 4) is 0 Å². The summed E-state index contributed by atoms with van der Waals surface area (Å²) in [4.78, 5) is 3.50. The van der Waals surface area contributed by atoms with Crippen LogP contribution in [0.1, 0.15) is 23.2 Å². The number of fused-ring (bicyclic) bond motifs is 1. The van der Waals surface area contributed by atoms with E-state index < -0.39 is 0 Å². The third kappa shape index (κ3) is 2.28. The number of aromatic nitrogens is 1. The SMILES string of the molecule is Cc1[nH]c2c(C)cccc2c1CC1CNCCC1O. The summed E-state index contributed by atoms with van der Waals surface area (Å²) >= 11 is 0. The van der Waals surface area contributed by atoms with Gasteiger partial charge >= 0.3 is 0 Å². The van der Waals surface area contributed by atoms with Crippen LogP contribution in [0.15, 0.2) is 18.2 Å². The minimum atomic E-state index is -0.171. The Hall–Kier alpha value is -1.32. The molecule has 3 nitrogen and oxygen atoms in total. The molecule has 1 aromatic heterocycles. The number of piperidine rings is 1. The second-order valence-electron chi connectivity index (χ2n) is 5.75. The summed E-state index contributed by atoms with van der Waals surface area (Å²) in [5, 5.41) is 14.8. The van der Waals surface area contributed by atoms with Crippen LogP contribution in [0.2, 0.25) is 0 Å². The second kappa shape index (κ2) is 4.99. The monoisotopic (exact) mass is 258 g/mol. The molecule has 2 atom stereocenters. The smallest absolute Gasteiger partial charge is 0.0595 e. The van der Waals surface area contributed by atoms with E-state index in [2.05, 4.69) is 42.3 Å². The van der Waals surface area contributed by atoms with E-state index in [4.69, 9.17) is 0 Å². The normalized spacial score (nSPS) is 23.9. The second-order valence-corrected chi connectivity index (χ2v) is 5.75. The topological polar surface area (TPSA) is 48.0 Å². The number of aryl methyl sites for hydroxylation is 2. The first kappa shape index (κ1) is 12.7. The van der Waals surface area contributed by atoms with Crippen LogP contribution in [0.3, 0.4) is 0 Å². The first-order chi connectivity index (χ1) is 9.16. The molecule has 102 valence electrons. The Morgan fingerprint density at radius 1 is 1.32 bits per heavy atom. The molecular formula is C16H22N2O. The van der Waals surface area contributed by atoms with Gasteiger partial charge in [-0.2, -0.15) is 0 Å². The molecule has 0 saturated carbocycles. The highest BCUT2D eigenvalue weighted by Gasteiger charge is 2.24. The number of H-pyrrole nitrogens is 1. The van der Waals surface area contributed by atoms with Gasteiger partial charge in [0, 0.05) is 29.1 Å². The number of hydrogen-bond acceptors (Lipinski definition) is 2. The minimum Gasteiger partial charge on any atom is -0.393 e. The largest absolute Gasteiger partial charge is 0.393 e. The summed E-state index contributed by atoms with van der Waals surface area (Å²) in [7, 11) is 0. The summed E-state index contributed by atoms with van der Waals surface area (Å²) in [6.07, 6.45) is 1.64. The lowest BCUT2D eigenvalue weighted by Gasteiger charge is -2.28. The molecular weight excluding hydrogens is 236 g/mol. The third-order valence-corrected chi connectivity index (χ3v) is 4.40. The summed E-state index contributed by atoms with van der Waals surface area (Å²) in [5.74, 6) is 0.326. The lowest BCUT2D eigenvalue weighted by atomic mass is 9.88. The molecule has 0 bridgehead atoms. The zero-order valence-electron chi connectivity index (χ0n) is 11.7. The maximum absolute atomic E-state index is 10.1. The molecule has 1 aliphatic heterocycles. The Balaban J connectivity index is 1.96. The minimum absolute atomic E-state index is 0.171. The fraction of sp³-hybridized carbons (Fsp3) is 0.500.